The topological polar surface area (TPSA) is 66.5 Å². The molecule has 3 rings (SSSR count). The van der Waals surface area contributed by atoms with E-state index in [4.69, 9.17) is 4.98 Å². The summed E-state index contributed by atoms with van der Waals surface area (Å²) < 4.78 is 0. The Morgan fingerprint density at radius 3 is 3.00 bits per heavy atom. The van der Waals surface area contributed by atoms with Gasteiger partial charge < -0.3 is 5.32 Å². The third kappa shape index (κ3) is 3.33. The van der Waals surface area contributed by atoms with E-state index in [0.717, 1.165) is 40.6 Å². The number of H-pyrrole nitrogens is 1. The molecular weight excluding hydrogens is 282 g/mol. The molecule has 2 aromatic heterocycles. The van der Waals surface area contributed by atoms with Crippen LogP contribution in [0.1, 0.15) is 18.9 Å². The van der Waals surface area contributed by atoms with Crippen LogP contribution in [-0.2, 0) is 5.75 Å². The summed E-state index contributed by atoms with van der Waals surface area (Å²) in [5, 5.41) is 12.1. The van der Waals surface area contributed by atoms with Crippen molar-refractivity contribution < 1.29 is 0 Å². The van der Waals surface area contributed by atoms with Crippen LogP contribution in [0.15, 0.2) is 41.8 Å². The van der Waals surface area contributed by atoms with Gasteiger partial charge in [0.2, 0.25) is 0 Å². The van der Waals surface area contributed by atoms with Crippen LogP contribution in [0, 0.1) is 0 Å². The average Bonchev–Trinajstić information content (AvgIpc) is 3.04. The number of benzene rings is 1. The number of fused-ring (bicyclic) bond motifs is 1. The molecule has 0 aliphatic heterocycles. The Morgan fingerprint density at radius 2 is 2.19 bits per heavy atom. The zero-order chi connectivity index (χ0) is 14.5. The van der Waals surface area contributed by atoms with Gasteiger partial charge in [0, 0.05) is 23.2 Å². The number of nitrogens with zero attached hydrogens (tertiary/aromatic N) is 3. The molecule has 0 atom stereocenters. The molecule has 108 valence electrons. The molecule has 0 spiro atoms. The maximum absolute atomic E-state index is 4.74. The van der Waals surface area contributed by atoms with Gasteiger partial charge in [0.1, 0.15) is 12.1 Å². The highest BCUT2D eigenvalue weighted by atomic mass is 32.2. The van der Waals surface area contributed by atoms with Gasteiger partial charge in [0.15, 0.2) is 5.16 Å². The second kappa shape index (κ2) is 6.58. The number of hydrogen-bond acceptors (Lipinski definition) is 5. The van der Waals surface area contributed by atoms with Crippen molar-refractivity contribution in [2.75, 3.05) is 11.9 Å². The molecule has 2 N–H and O–H groups in total. The largest absolute Gasteiger partial charge is 0.370 e. The van der Waals surface area contributed by atoms with E-state index in [1.165, 1.54) is 11.9 Å². The molecule has 0 fully saturated rings. The summed E-state index contributed by atoms with van der Waals surface area (Å²) in [5.74, 6) is 1.77. The number of thioether (sulfide) groups is 1. The van der Waals surface area contributed by atoms with E-state index in [-0.39, 0.29) is 0 Å². The Balaban J connectivity index is 1.89. The molecule has 0 saturated heterocycles. The predicted octanol–water partition coefficient (Wildman–Crippen LogP) is 3.47. The van der Waals surface area contributed by atoms with Crippen molar-refractivity contribution in [2.24, 2.45) is 0 Å². The molecule has 0 unspecified atom stereocenters. The summed E-state index contributed by atoms with van der Waals surface area (Å²) in [7, 11) is 0. The number of anilines is 1. The predicted molar refractivity (Wildman–Crippen MR) is 86.5 cm³/mol. The van der Waals surface area contributed by atoms with Gasteiger partial charge in [-0.05, 0) is 18.6 Å². The van der Waals surface area contributed by atoms with Gasteiger partial charge in [-0.3, -0.25) is 5.10 Å². The fourth-order valence-corrected chi connectivity index (χ4v) is 2.83. The SMILES string of the molecule is CCCNc1nc2ccccc2cc1CSc1ncn[nH]1. The minimum atomic E-state index is 0.805. The normalized spacial score (nSPS) is 10.9. The molecule has 2 heterocycles. The molecule has 0 saturated carbocycles. The van der Waals surface area contributed by atoms with E-state index in [9.17, 15) is 0 Å². The molecule has 5 nitrogen and oxygen atoms in total. The minimum Gasteiger partial charge on any atom is -0.370 e. The van der Waals surface area contributed by atoms with Crippen molar-refractivity contribution in [3.8, 4) is 0 Å². The number of para-hydroxylation sites is 1. The summed E-state index contributed by atoms with van der Waals surface area (Å²) in [6.45, 7) is 3.07. The van der Waals surface area contributed by atoms with Gasteiger partial charge in [-0.2, -0.15) is 5.10 Å². The van der Waals surface area contributed by atoms with Gasteiger partial charge in [0.25, 0.3) is 0 Å². The van der Waals surface area contributed by atoms with Crippen molar-refractivity contribution in [1.82, 2.24) is 20.2 Å². The molecule has 0 bridgehead atoms. The van der Waals surface area contributed by atoms with E-state index in [1.807, 2.05) is 18.2 Å². The molecule has 3 aromatic rings. The molecule has 1 aromatic carbocycles. The number of nitrogens with one attached hydrogen (secondary N) is 2. The maximum atomic E-state index is 4.74. The molecule has 0 aliphatic carbocycles. The van der Waals surface area contributed by atoms with Crippen LogP contribution in [0.25, 0.3) is 10.9 Å². The lowest BCUT2D eigenvalue weighted by atomic mass is 10.1. The fraction of sp³-hybridized carbons (Fsp3) is 0.267. The Morgan fingerprint density at radius 1 is 1.29 bits per heavy atom. The molecule has 6 heteroatoms. The zero-order valence-corrected chi connectivity index (χ0v) is 12.7. The van der Waals surface area contributed by atoms with Crippen LogP contribution < -0.4 is 5.32 Å². The van der Waals surface area contributed by atoms with E-state index >= 15 is 0 Å². The second-order valence-corrected chi connectivity index (χ2v) is 5.66. The van der Waals surface area contributed by atoms with Crippen molar-refractivity contribution in [3.63, 3.8) is 0 Å². The van der Waals surface area contributed by atoms with Crippen LogP contribution in [0.3, 0.4) is 0 Å². The standard InChI is InChI=1S/C15H17N5S/c1-2-7-16-14-12(9-21-15-17-10-18-20-15)8-11-5-3-4-6-13(11)19-14/h3-6,8,10H,2,7,9H2,1H3,(H,16,19)(H,17,18,20). The lowest BCUT2D eigenvalue weighted by molar-refractivity contribution is 0.964. The van der Waals surface area contributed by atoms with Crippen molar-refractivity contribution >= 4 is 28.5 Å². The molecule has 0 aliphatic rings. The van der Waals surface area contributed by atoms with Crippen LogP contribution >= 0.6 is 11.8 Å². The number of hydrogen-bond donors (Lipinski definition) is 2. The summed E-state index contributed by atoms with van der Waals surface area (Å²) in [6, 6.07) is 10.4. The van der Waals surface area contributed by atoms with Gasteiger partial charge >= 0.3 is 0 Å². The Hall–Kier alpha value is -2.08. The van der Waals surface area contributed by atoms with Crippen LogP contribution in [0.4, 0.5) is 5.82 Å². The number of pyridine rings is 1. The third-order valence-corrected chi connectivity index (χ3v) is 4.03. The molecule has 21 heavy (non-hydrogen) atoms. The average molecular weight is 299 g/mol. The van der Waals surface area contributed by atoms with Gasteiger partial charge in [-0.15, -0.1) is 0 Å². The highest BCUT2D eigenvalue weighted by Gasteiger charge is 2.08. The third-order valence-electron chi connectivity index (χ3n) is 3.10. The summed E-state index contributed by atoms with van der Waals surface area (Å²) >= 11 is 1.63. The smallest absolute Gasteiger partial charge is 0.183 e. The summed E-state index contributed by atoms with van der Waals surface area (Å²) in [6.07, 6.45) is 2.60. The van der Waals surface area contributed by atoms with E-state index in [2.05, 4.69) is 39.6 Å². The fourth-order valence-electron chi connectivity index (χ4n) is 2.08. The first-order valence-electron chi connectivity index (χ1n) is 6.97. The number of aromatic nitrogens is 4. The monoisotopic (exact) mass is 299 g/mol. The Kier molecular flexibility index (Phi) is 4.35. The van der Waals surface area contributed by atoms with Crippen LogP contribution in [0.2, 0.25) is 0 Å². The second-order valence-electron chi connectivity index (χ2n) is 4.69. The minimum absolute atomic E-state index is 0.805. The lowest BCUT2D eigenvalue weighted by Crippen LogP contribution is -2.05. The number of aromatic amines is 1. The number of rotatable bonds is 6. The lowest BCUT2D eigenvalue weighted by Gasteiger charge is -2.11. The van der Waals surface area contributed by atoms with E-state index < -0.39 is 0 Å². The first-order valence-corrected chi connectivity index (χ1v) is 7.96. The first-order chi connectivity index (χ1) is 10.4. The summed E-state index contributed by atoms with van der Waals surface area (Å²) in [4.78, 5) is 8.88. The first kappa shape index (κ1) is 13.9. The quantitative estimate of drug-likeness (QED) is 0.682. The Labute approximate surface area is 127 Å². The Bertz CT molecular complexity index is 711. The van der Waals surface area contributed by atoms with Crippen molar-refractivity contribution in [2.45, 2.75) is 24.3 Å². The highest BCUT2D eigenvalue weighted by Crippen LogP contribution is 2.26. The van der Waals surface area contributed by atoms with Crippen LogP contribution in [-0.4, -0.2) is 26.7 Å². The van der Waals surface area contributed by atoms with Crippen LogP contribution in [0.5, 0.6) is 0 Å². The van der Waals surface area contributed by atoms with Gasteiger partial charge in [0.05, 0.1) is 5.52 Å². The zero-order valence-electron chi connectivity index (χ0n) is 11.8. The molecule has 0 amide bonds. The molecular formula is C15H17N5S. The van der Waals surface area contributed by atoms with E-state index in [0.29, 0.717) is 0 Å². The van der Waals surface area contributed by atoms with Crippen molar-refractivity contribution in [1.29, 1.82) is 0 Å². The van der Waals surface area contributed by atoms with Gasteiger partial charge in [-0.1, -0.05) is 36.9 Å². The van der Waals surface area contributed by atoms with E-state index in [1.54, 1.807) is 11.8 Å². The summed E-state index contributed by atoms with van der Waals surface area (Å²) in [5.41, 5.74) is 2.20. The van der Waals surface area contributed by atoms with Crippen molar-refractivity contribution in [3.05, 3.63) is 42.2 Å². The maximum Gasteiger partial charge on any atom is 0.183 e. The van der Waals surface area contributed by atoms with Gasteiger partial charge in [-0.25, -0.2) is 9.97 Å². The molecule has 0 radical (unpaired) electrons. The highest BCUT2D eigenvalue weighted by molar-refractivity contribution is 7.98.